The van der Waals surface area contributed by atoms with Crippen LogP contribution in [-0.2, 0) is 20.9 Å². The fraction of sp³-hybridized carbons (Fsp3) is 0.474. The van der Waals surface area contributed by atoms with Crippen LogP contribution in [0, 0.1) is 31.1 Å². The zero-order chi connectivity index (χ0) is 20.6. The Morgan fingerprint density at radius 3 is 2.56 bits per heavy atom. The van der Waals surface area contributed by atoms with Crippen molar-refractivity contribution in [3.05, 3.63) is 28.6 Å². The highest BCUT2D eigenvalue weighted by atomic mass is 16.5. The van der Waals surface area contributed by atoms with E-state index in [0.29, 0.717) is 5.92 Å². The van der Waals surface area contributed by atoms with E-state index in [0.717, 1.165) is 29.9 Å². The van der Waals surface area contributed by atoms with Crippen LogP contribution in [0.4, 0.5) is 4.79 Å². The molecule has 2 N–H and O–H groups in total. The lowest BCUT2D eigenvalue weighted by Gasteiger charge is -2.11. The number of aromatic nitrogens is 1. The smallest absolute Gasteiger partial charge is 0.349 e. The van der Waals surface area contributed by atoms with Crippen molar-refractivity contribution in [3.63, 3.8) is 0 Å². The maximum absolute atomic E-state index is 12.1. The molecule has 8 heteroatoms. The molecule has 0 bridgehead atoms. The molecule has 27 heavy (non-hydrogen) atoms. The molecule has 146 valence electrons. The van der Waals surface area contributed by atoms with Gasteiger partial charge in [0.25, 0.3) is 5.91 Å². The number of ether oxygens (including phenoxy) is 1. The monoisotopic (exact) mass is 374 g/mol. The van der Waals surface area contributed by atoms with Gasteiger partial charge in [-0.3, -0.25) is 10.1 Å². The predicted octanol–water partition coefficient (Wildman–Crippen LogP) is 2.06. The van der Waals surface area contributed by atoms with Gasteiger partial charge in [0.05, 0.1) is 0 Å². The second kappa shape index (κ2) is 10.2. The van der Waals surface area contributed by atoms with E-state index in [2.05, 4.69) is 23.7 Å². The number of rotatable bonds is 7. The minimum atomic E-state index is -0.920. The summed E-state index contributed by atoms with van der Waals surface area (Å²) in [4.78, 5) is 34.5. The number of aryl methyl sites for hydroxylation is 1. The van der Waals surface area contributed by atoms with Crippen LogP contribution in [0.5, 0.6) is 0 Å². The average molecular weight is 374 g/mol. The molecular formula is C19H26N4O4. The molecule has 0 saturated carbocycles. The first kappa shape index (κ1) is 22.0. The number of carbonyl (C=O) groups is 3. The molecule has 0 spiro atoms. The molecule has 0 aliphatic rings. The van der Waals surface area contributed by atoms with Gasteiger partial charge in [-0.05, 0) is 43.9 Å². The van der Waals surface area contributed by atoms with Crippen LogP contribution in [0.3, 0.4) is 0 Å². The van der Waals surface area contributed by atoms with Crippen LogP contribution in [0.15, 0.2) is 11.6 Å². The van der Waals surface area contributed by atoms with E-state index in [-0.39, 0.29) is 5.57 Å². The summed E-state index contributed by atoms with van der Waals surface area (Å²) in [6.45, 7) is 8.40. The van der Waals surface area contributed by atoms with Gasteiger partial charge in [-0.1, -0.05) is 13.8 Å². The fourth-order valence-corrected chi connectivity index (χ4v) is 2.43. The number of nitrogens with one attached hydrogen (secondary N) is 2. The largest absolute Gasteiger partial charge is 0.451 e. The van der Waals surface area contributed by atoms with E-state index in [4.69, 9.17) is 4.74 Å². The van der Waals surface area contributed by atoms with Crippen LogP contribution in [-0.4, -0.2) is 36.1 Å². The highest BCUT2D eigenvalue weighted by Gasteiger charge is 2.16. The van der Waals surface area contributed by atoms with Crippen LogP contribution >= 0.6 is 0 Å². The molecule has 3 amide bonds. The van der Waals surface area contributed by atoms with Crippen molar-refractivity contribution in [2.75, 3.05) is 13.7 Å². The van der Waals surface area contributed by atoms with Crippen molar-refractivity contribution in [3.8, 4) is 6.07 Å². The number of imide groups is 1. The minimum absolute atomic E-state index is 0.216. The zero-order valence-electron chi connectivity index (χ0n) is 16.4. The maximum atomic E-state index is 12.1. The average Bonchev–Trinajstić information content (AvgIpc) is 2.88. The van der Waals surface area contributed by atoms with Crippen molar-refractivity contribution >= 4 is 24.0 Å². The predicted molar refractivity (Wildman–Crippen MR) is 101 cm³/mol. The lowest BCUT2D eigenvalue weighted by molar-refractivity contribution is -0.144. The van der Waals surface area contributed by atoms with Crippen molar-refractivity contribution in [1.82, 2.24) is 15.2 Å². The number of esters is 1. The van der Waals surface area contributed by atoms with E-state index in [1.54, 1.807) is 6.07 Å². The third-order valence-corrected chi connectivity index (χ3v) is 4.00. The lowest BCUT2D eigenvalue weighted by atomic mass is 10.1. The molecule has 0 radical (unpaired) electrons. The van der Waals surface area contributed by atoms with Gasteiger partial charge in [-0.2, -0.15) is 5.26 Å². The second-order valence-corrected chi connectivity index (χ2v) is 6.53. The van der Waals surface area contributed by atoms with Gasteiger partial charge in [0.2, 0.25) is 0 Å². The Morgan fingerprint density at radius 2 is 2.00 bits per heavy atom. The molecular weight excluding hydrogens is 348 g/mol. The molecule has 1 heterocycles. The lowest BCUT2D eigenvalue weighted by Crippen LogP contribution is -2.39. The third-order valence-electron chi connectivity index (χ3n) is 4.00. The van der Waals surface area contributed by atoms with Crippen molar-refractivity contribution in [2.24, 2.45) is 5.92 Å². The zero-order valence-corrected chi connectivity index (χ0v) is 16.4. The van der Waals surface area contributed by atoms with Gasteiger partial charge >= 0.3 is 12.0 Å². The molecule has 0 atom stereocenters. The summed E-state index contributed by atoms with van der Waals surface area (Å²) in [5.74, 6) is -1.14. The minimum Gasteiger partial charge on any atom is -0.451 e. The fourth-order valence-electron chi connectivity index (χ4n) is 2.43. The first-order valence-corrected chi connectivity index (χ1v) is 8.66. The van der Waals surface area contributed by atoms with E-state index in [9.17, 15) is 19.6 Å². The Hall–Kier alpha value is -3.08. The summed E-state index contributed by atoms with van der Waals surface area (Å²) in [6, 6.07) is 2.99. The number of urea groups is 1. The molecule has 1 aromatic rings. The quantitative estimate of drug-likeness (QED) is 0.431. The van der Waals surface area contributed by atoms with Gasteiger partial charge in [0.15, 0.2) is 6.61 Å². The van der Waals surface area contributed by atoms with Crippen molar-refractivity contribution in [1.29, 1.82) is 5.26 Å². The van der Waals surface area contributed by atoms with Crippen LogP contribution in [0.2, 0.25) is 0 Å². The molecule has 1 rings (SSSR count). The molecule has 1 aromatic heterocycles. The Bertz CT molecular complexity index is 784. The molecule has 0 fully saturated rings. The SMILES string of the molecule is CNC(=O)NC(=O)COC(=O)/C(C#N)=C/c1cc(C)n(CCC(C)C)c1C. The first-order valence-electron chi connectivity index (χ1n) is 8.66. The molecule has 0 aliphatic carbocycles. The molecule has 0 aromatic carbocycles. The molecule has 0 unspecified atom stereocenters. The standard InChI is InChI=1S/C19H26N4O4/c1-12(2)6-7-23-13(3)8-15(14(23)4)9-16(10-20)18(25)27-11-17(24)22-19(26)21-5/h8-9,12H,6-7,11H2,1-5H3,(H2,21,22,24,26)/b16-9+. The number of nitriles is 1. The third kappa shape index (κ3) is 6.62. The maximum Gasteiger partial charge on any atom is 0.349 e. The van der Waals surface area contributed by atoms with Crippen LogP contribution in [0.1, 0.15) is 37.2 Å². The normalized spacial score (nSPS) is 11.1. The van der Waals surface area contributed by atoms with Crippen molar-refractivity contribution in [2.45, 2.75) is 40.7 Å². The number of hydrogen-bond acceptors (Lipinski definition) is 5. The van der Waals surface area contributed by atoms with E-state index in [1.165, 1.54) is 13.1 Å². The Kier molecular flexibility index (Phi) is 8.27. The number of hydrogen-bond donors (Lipinski definition) is 2. The Morgan fingerprint density at radius 1 is 1.33 bits per heavy atom. The summed E-state index contributed by atoms with van der Waals surface area (Å²) in [5, 5.41) is 13.4. The summed E-state index contributed by atoms with van der Waals surface area (Å²) >= 11 is 0. The van der Waals surface area contributed by atoms with E-state index < -0.39 is 24.5 Å². The molecule has 0 saturated heterocycles. The number of amides is 3. The van der Waals surface area contributed by atoms with Gasteiger partial charge in [0.1, 0.15) is 11.6 Å². The summed E-state index contributed by atoms with van der Waals surface area (Å²) in [5.41, 5.74) is 2.52. The molecule has 8 nitrogen and oxygen atoms in total. The first-order chi connectivity index (χ1) is 12.7. The van der Waals surface area contributed by atoms with Crippen LogP contribution < -0.4 is 10.6 Å². The summed E-state index contributed by atoms with van der Waals surface area (Å²) < 4.78 is 6.94. The second-order valence-electron chi connectivity index (χ2n) is 6.53. The Balaban J connectivity index is 2.86. The summed E-state index contributed by atoms with van der Waals surface area (Å²) in [7, 11) is 1.35. The highest BCUT2D eigenvalue weighted by Crippen LogP contribution is 2.20. The Labute approximate surface area is 159 Å². The topological polar surface area (TPSA) is 113 Å². The van der Waals surface area contributed by atoms with Crippen molar-refractivity contribution < 1.29 is 19.1 Å². The number of carbonyl (C=O) groups excluding carboxylic acids is 3. The number of nitrogens with zero attached hydrogens (tertiary/aromatic N) is 2. The summed E-state index contributed by atoms with van der Waals surface area (Å²) in [6.07, 6.45) is 2.47. The van der Waals surface area contributed by atoms with E-state index >= 15 is 0 Å². The van der Waals surface area contributed by atoms with Gasteiger partial charge in [-0.15, -0.1) is 0 Å². The van der Waals surface area contributed by atoms with Crippen LogP contribution in [0.25, 0.3) is 6.08 Å². The van der Waals surface area contributed by atoms with Gasteiger partial charge < -0.3 is 14.6 Å². The van der Waals surface area contributed by atoms with Gasteiger partial charge in [0, 0.05) is 25.0 Å². The van der Waals surface area contributed by atoms with E-state index in [1.807, 2.05) is 25.2 Å². The highest BCUT2D eigenvalue weighted by molar-refractivity contribution is 6.00. The molecule has 0 aliphatic heterocycles. The van der Waals surface area contributed by atoms with Gasteiger partial charge in [-0.25, -0.2) is 9.59 Å².